The molecule has 0 saturated carbocycles. The smallest absolute Gasteiger partial charge is 0.318 e. The molecule has 5 heterocycles. The van der Waals surface area contributed by atoms with Gasteiger partial charge in [0.1, 0.15) is 0 Å². The number of nitrogens with zero attached hydrogens (tertiary/aromatic N) is 4. The Kier molecular flexibility index (Phi) is 5.54. The van der Waals surface area contributed by atoms with Gasteiger partial charge in [0.05, 0.1) is 29.0 Å². The van der Waals surface area contributed by atoms with Crippen LogP contribution in [0.4, 0.5) is 16.4 Å². The van der Waals surface area contributed by atoms with Crippen LogP contribution in [0.2, 0.25) is 0 Å². The van der Waals surface area contributed by atoms with Gasteiger partial charge in [0, 0.05) is 50.5 Å². The molecule has 3 fully saturated rings. The molecule has 3 aliphatic rings. The van der Waals surface area contributed by atoms with Gasteiger partial charge in [0.15, 0.2) is 5.65 Å². The molecule has 0 aliphatic carbocycles. The van der Waals surface area contributed by atoms with Crippen LogP contribution in [0.25, 0.3) is 22.3 Å². The normalized spacial score (nSPS) is 22.8. The highest BCUT2D eigenvalue weighted by molar-refractivity contribution is 5.94. The van der Waals surface area contributed by atoms with Gasteiger partial charge in [-0.15, -0.1) is 0 Å². The van der Waals surface area contributed by atoms with E-state index < -0.39 is 0 Å². The molecule has 2 amide bonds. The summed E-state index contributed by atoms with van der Waals surface area (Å²) in [7, 11) is 1.59. The van der Waals surface area contributed by atoms with Crippen molar-refractivity contribution in [3.05, 3.63) is 30.0 Å². The Hall–Kier alpha value is -3.24. The van der Waals surface area contributed by atoms with E-state index in [0.29, 0.717) is 17.5 Å². The van der Waals surface area contributed by atoms with Gasteiger partial charge >= 0.3 is 6.03 Å². The number of ether oxygens (including phenoxy) is 2. The second kappa shape index (κ2) is 8.84. The fraction of sp³-hybridized carbons (Fsp3) is 0.500. The van der Waals surface area contributed by atoms with E-state index in [1.807, 2.05) is 24.3 Å². The summed E-state index contributed by atoms with van der Waals surface area (Å²) in [6.45, 7) is 3.09. The molecule has 3 aromatic rings. The van der Waals surface area contributed by atoms with Crippen LogP contribution in [0.15, 0.2) is 24.3 Å². The Morgan fingerprint density at radius 3 is 2.50 bits per heavy atom. The average Bonchev–Trinajstić information content (AvgIpc) is 3.46. The Labute approximate surface area is 197 Å². The lowest BCUT2D eigenvalue weighted by atomic mass is 9.93. The van der Waals surface area contributed by atoms with Gasteiger partial charge in [-0.25, -0.2) is 9.78 Å². The second-order valence-electron chi connectivity index (χ2n) is 9.24. The molecule has 0 spiro atoms. The zero-order valence-corrected chi connectivity index (χ0v) is 19.2. The molecular weight excluding hydrogens is 434 g/mol. The summed E-state index contributed by atoms with van der Waals surface area (Å²) < 4.78 is 11.6. The van der Waals surface area contributed by atoms with Crippen LogP contribution < -0.4 is 15.5 Å². The molecule has 3 aliphatic heterocycles. The molecular formula is C24H29N7O3. The Balaban J connectivity index is 1.42. The number of nitrogens with one attached hydrogen (secondary N) is 3. The summed E-state index contributed by atoms with van der Waals surface area (Å²) in [6.07, 6.45) is 4.56. The van der Waals surface area contributed by atoms with Gasteiger partial charge < -0.3 is 25.0 Å². The standard InChI is InChI=1S/C24H29N7O3/c1-25-24(32)26-16-4-2-14(3-5-16)20-19-21(15-8-10-33-11-9-15)29-30-22(19)28-23(27-20)31-12-17-6-7-18(13-31)34-17/h2-5,15,17-18H,6-13H2,1H3,(H2,25,26,32)(H,27,28,29,30). The third kappa shape index (κ3) is 3.97. The van der Waals surface area contributed by atoms with E-state index >= 15 is 0 Å². The number of benzene rings is 1. The molecule has 0 radical (unpaired) electrons. The van der Waals surface area contributed by atoms with Crippen LogP contribution in [0.3, 0.4) is 0 Å². The summed E-state index contributed by atoms with van der Waals surface area (Å²) in [5.41, 5.74) is 4.31. The number of hydrogen-bond donors (Lipinski definition) is 3. The first-order valence-corrected chi connectivity index (χ1v) is 12.0. The minimum atomic E-state index is -0.252. The van der Waals surface area contributed by atoms with Crippen molar-refractivity contribution in [1.29, 1.82) is 0 Å². The maximum atomic E-state index is 11.7. The summed E-state index contributed by atoms with van der Waals surface area (Å²) >= 11 is 0. The molecule has 10 nitrogen and oxygen atoms in total. The predicted octanol–water partition coefficient (Wildman–Crippen LogP) is 3.03. The highest BCUT2D eigenvalue weighted by Crippen LogP contribution is 2.37. The molecule has 1 aromatic carbocycles. The lowest BCUT2D eigenvalue weighted by Gasteiger charge is -2.32. The van der Waals surface area contributed by atoms with Crippen LogP contribution in [0.5, 0.6) is 0 Å². The number of morpholine rings is 1. The van der Waals surface area contributed by atoms with Gasteiger partial charge in [-0.2, -0.15) is 10.1 Å². The highest BCUT2D eigenvalue weighted by Gasteiger charge is 2.35. The molecule has 3 N–H and O–H groups in total. The number of fused-ring (bicyclic) bond motifs is 3. The Morgan fingerprint density at radius 1 is 1.06 bits per heavy atom. The second-order valence-corrected chi connectivity index (χ2v) is 9.24. The largest absolute Gasteiger partial charge is 0.381 e. The molecule has 3 saturated heterocycles. The molecule has 2 unspecified atom stereocenters. The molecule has 2 aromatic heterocycles. The van der Waals surface area contributed by atoms with E-state index in [0.717, 1.165) is 80.0 Å². The van der Waals surface area contributed by atoms with Crippen LogP contribution in [0, 0.1) is 0 Å². The van der Waals surface area contributed by atoms with E-state index in [1.165, 1.54) is 0 Å². The van der Waals surface area contributed by atoms with Gasteiger partial charge in [-0.05, 0) is 37.8 Å². The fourth-order valence-corrected chi connectivity index (χ4v) is 5.25. The minimum absolute atomic E-state index is 0.244. The number of H-pyrrole nitrogens is 1. The lowest BCUT2D eigenvalue weighted by Crippen LogP contribution is -2.43. The van der Waals surface area contributed by atoms with Crippen molar-refractivity contribution >= 4 is 28.7 Å². The van der Waals surface area contributed by atoms with Crippen LogP contribution in [0.1, 0.15) is 37.3 Å². The molecule has 2 atom stereocenters. The quantitative estimate of drug-likeness (QED) is 0.544. The molecule has 34 heavy (non-hydrogen) atoms. The molecule has 178 valence electrons. The van der Waals surface area contributed by atoms with Crippen LogP contribution in [-0.2, 0) is 9.47 Å². The summed E-state index contributed by atoms with van der Waals surface area (Å²) in [6, 6.07) is 7.50. The maximum absolute atomic E-state index is 11.7. The fourth-order valence-electron chi connectivity index (χ4n) is 5.25. The lowest BCUT2D eigenvalue weighted by molar-refractivity contribution is 0.0299. The Bertz CT molecular complexity index is 1180. The highest BCUT2D eigenvalue weighted by atomic mass is 16.5. The van der Waals surface area contributed by atoms with Crippen molar-refractivity contribution in [1.82, 2.24) is 25.5 Å². The maximum Gasteiger partial charge on any atom is 0.318 e. The minimum Gasteiger partial charge on any atom is -0.381 e. The monoisotopic (exact) mass is 463 g/mol. The predicted molar refractivity (Wildman–Crippen MR) is 128 cm³/mol. The van der Waals surface area contributed by atoms with E-state index in [1.54, 1.807) is 7.05 Å². The zero-order chi connectivity index (χ0) is 23.1. The van der Waals surface area contributed by atoms with Crippen molar-refractivity contribution in [2.24, 2.45) is 0 Å². The van der Waals surface area contributed by atoms with Gasteiger partial charge in [-0.1, -0.05) is 12.1 Å². The first-order valence-electron chi connectivity index (χ1n) is 12.0. The number of aromatic nitrogens is 4. The number of carbonyl (C=O) groups excluding carboxylic acids is 1. The molecule has 10 heteroatoms. The van der Waals surface area contributed by atoms with Crippen molar-refractivity contribution in [2.75, 3.05) is 43.6 Å². The average molecular weight is 464 g/mol. The van der Waals surface area contributed by atoms with E-state index in [4.69, 9.17) is 19.4 Å². The van der Waals surface area contributed by atoms with Crippen molar-refractivity contribution in [3.8, 4) is 11.3 Å². The third-order valence-electron chi connectivity index (χ3n) is 7.03. The van der Waals surface area contributed by atoms with Gasteiger partial charge in [-0.3, -0.25) is 5.10 Å². The molecule has 2 bridgehead atoms. The number of amides is 2. The van der Waals surface area contributed by atoms with Crippen molar-refractivity contribution < 1.29 is 14.3 Å². The summed E-state index contributed by atoms with van der Waals surface area (Å²) in [5, 5.41) is 14.2. The van der Waals surface area contributed by atoms with Crippen molar-refractivity contribution in [2.45, 2.75) is 43.8 Å². The first-order chi connectivity index (χ1) is 16.7. The summed E-state index contributed by atoms with van der Waals surface area (Å²) in [4.78, 5) is 23.9. The number of rotatable bonds is 4. The third-order valence-corrected chi connectivity index (χ3v) is 7.03. The summed E-state index contributed by atoms with van der Waals surface area (Å²) in [5.74, 6) is 1.03. The van der Waals surface area contributed by atoms with E-state index in [-0.39, 0.29) is 18.2 Å². The van der Waals surface area contributed by atoms with Crippen LogP contribution in [-0.4, -0.2) is 71.8 Å². The van der Waals surface area contributed by atoms with E-state index in [9.17, 15) is 4.79 Å². The number of anilines is 2. The SMILES string of the molecule is CNC(=O)Nc1ccc(-c2nc(N3CC4CCC(C3)O4)nc3n[nH]c(C4CCOCC4)c23)cc1. The van der Waals surface area contributed by atoms with E-state index in [2.05, 4.69) is 25.7 Å². The number of aromatic amines is 1. The zero-order valence-electron chi connectivity index (χ0n) is 19.2. The van der Waals surface area contributed by atoms with Gasteiger partial charge in [0.25, 0.3) is 0 Å². The van der Waals surface area contributed by atoms with Crippen molar-refractivity contribution in [3.63, 3.8) is 0 Å². The number of carbonyl (C=O) groups is 1. The number of urea groups is 1. The number of hydrogen-bond acceptors (Lipinski definition) is 7. The van der Waals surface area contributed by atoms with Crippen LogP contribution >= 0.6 is 0 Å². The molecule has 6 rings (SSSR count). The topological polar surface area (TPSA) is 117 Å². The first kappa shape index (κ1) is 21.3. The van der Waals surface area contributed by atoms with Gasteiger partial charge in [0.2, 0.25) is 5.95 Å². The Morgan fingerprint density at radius 2 is 1.79 bits per heavy atom.